The van der Waals surface area contributed by atoms with Gasteiger partial charge in [-0.15, -0.1) is 0 Å². The zero-order chi connectivity index (χ0) is 15.0. The fourth-order valence-electron chi connectivity index (χ4n) is 1.73. The summed E-state index contributed by atoms with van der Waals surface area (Å²) in [6.45, 7) is 8.17. The summed E-state index contributed by atoms with van der Waals surface area (Å²) in [7, 11) is 1.66. The van der Waals surface area contributed by atoms with Crippen molar-refractivity contribution in [3.8, 4) is 5.75 Å². The summed E-state index contributed by atoms with van der Waals surface area (Å²) >= 11 is 0. The van der Waals surface area contributed by atoms with Crippen molar-refractivity contribution in [3.05, 3.63) is 23.8 Å². The van der Waals surface area contributed by atoms with Crippen LogP contribution in [-0.4, -0.2) is 38.6 Å². The normalized spacial score (nSPS) is 13.8. The average molecular weight is 281 g/mol. The van der Waals surface area contributed by atoms with Crippen molar-refractivity contribution in [1.82, 2.24) is 0 Å². The Kier molecular flexibility index (Phi) is 6.82. The molecule has 4 nitrogen and oxygen atoms in total. The van der Waals surface area contributed by atoms with Gasteiger partial charge in [0.2, 0.25) is 0 Å². The molecule has 0 fully saturated rings. The maximum absolute atomic E-state index is 9.46. The van der Waals surface area contributed by atoms with E-state index in [4.69, 9.17) is 9.47 Å². The molecule has 2 N–H and O–H groups in total. The summed E-state index contributed by atoms with van der Waals surface area (Å²) in [4.78, 5) is 0. The zero-order valence-electron chi connectivity index (χ0n) is 13.0. The first-order chi connectivity index (χ1) is 9.54. The molecular weight excluding hydrogens is 254 g/mol. The third kappa shape index (κ3) is 5.02. The minimum absolute atomic E-state index is 0.116. The summed E-state index contributed by atoms with van der Waals surface area (Å²) in [6, 6.07) is 6.08. The molecule has 1 atom stereocenters. The lowest BCUT2D eigenvalue weighted by molar-refractivity contribution is 0.145. The van der Waals surface area contributed by atoms with Crippen molar-refractivity contribution in [2.45, 2.75) is 27.2 Å². The summed E-state index contributed by atoms with van der Waals surface area (Å²) in [5.74, 6) is 0.832. The highest BCUT2D eigenvalue weighted by atomic mass is 16.5. The smallest absolute Gasteiger partial charge is 0.142 e. The third-order valence-corrected chi connectivity index (χ3v) is 3.62. The van der Waals surface area contributed by atoms with Crippen molar-refractivity contribution in [1.29, 1.82) is 0 Å². The van der Waals surface area contributed by atoms with E-state index in [9.17, 15) is 5.11 Å². The molecule has 0 aromatic heterocycles. The highest BCUT2D eigenvalue weighted by Crippen LogP contribution is 2.28. The highest BCUT2D eigenvalue weighted by molar-refractivity contribution is 5.57. The van der Waals surface area contributed by atoms with Gasteiger partial charge in [-0.3, -0.25) is 0 Å². The Labute approximate surface area is 122 Å². The van der Waals surface area contributed by atoms with Crippen LogP contribution in [0.25, 0.3) is 0 Å². The topological polar surface area (TPSA) is 50.7 Å². The van der Waals surface area contributed by atoms with Crippen LogP contribution < -0.4 is 10.1 Å². The fraction of sp³-hybridized carbons (Fsp3) is 0.625. The Hall–Kier alpha value is -1.26. The van der Waals surface area contributed by atoms with E-state index in [0.717, 1.165) is 23.4 Å². The molecule has 0 amide bonds. The summed E-state index contributed by atoms with van der Waals surface area (Å²) in [5, 5.41) is 12.8. The monoisotopic (exact) mass is 281 g/mol. The maximum Gasteiger partial charge on any atom is 0.142 e. The Morgan fingerprint density at radius 2 is 2.05 bits per heavy atom. The number of nitrogens with one attached hydrogen (secondary N) is 1. The minimum Gasteiger partial charge on any atom is -0.489 e. The predicted octanol–water partition coefficient (Wildman–Crippen LogP) is 2.84. The summed E-state index contributed by atoms with van der Waals surface area (Å²) < 4.78 is 10.7. The van der Waals surface area contributed by atoms with Crippen molar-refractivity contribution in [3.63, 3.8) is 0 Å². The van der Waals surface area contributed by atoms with Crippen LogP contribution >= 0.6 is 0 Å². The first-order valence-corrected chi connectivity index (χ1v) is 7.12. The molecule has 114 valence electrons. The molecule has 1 aromatic rings. The third-order valence-electron chi connectivity index (χ3n) is 3.62. The molecule has 0 radical (unpaired) electrons. The minimum atomic E-state index is -0.116. The molecule has 1 unspecified atom stereocenters. The first-order valence-electron chi connectivity index (χ1n) is 7.12. The lowest BCUT2D eigenvalue weighted by atomic mass is 9.88. The van der Waals surface area contributed by atoms with E-state index in [1.165, 1.54) is 0 Å². The fourth-order valence-corrected chi connectivity index (χ4v) is 1.73. The van der Waals surface area contributed by atoms with Crippen LogP contribution in [-0.2, 0) is 4.74 Å². The number of anilines is 1. The van der Waals surface area contributed by atoms with E-state index < -0.39 is 0 Å². The van der Waals surface area contributed by atoms with E-state index in [-0.39, 0.29) is 12.0 Å². The first kappa shape index (κ1) is 16.8. The number of aliphatic hydroxyl groups is 1. The zero-order valence-corrected chi connectivity index (χ0v) is 13.0. The summed E-state index contributed by atoms with van der Waals surface area (Å²) in [5.41, 5.74) is 2.00. The number of hydrogen-bond donors (Lipinski definition) is 2. The van der Waals surface area contributed by atoms with Gasteiger partial charge in [0.1, 0.15) is 12.4 Å². The molecule has 0 bridgehead atoms. The SMILES string of the molecule is CCC(C)(CO)CNc1ccc(C)cc1OCCOC. The molecule has 0 heterocycles. The van der Waals surface area contributed by atoms with Gasteiger partial charge < -0.3 is 19.9 Å². The molecule has 0 aliphatic heterocycles. The molecule has 0 aliphatic carbocycles. The second kappa shape index (κ2) is 8.12. The van der Waals surface area contributed by atoms with E-state index in [0.29, 0.717) is 19.8 Å². The van der Waals surface area contributed by atoms with Gasteiger partial charge in [-0.1, -0.05) is 19.9 Å². The number of ether oxygens (including phenoxy) is 2. The van der Waals surface area contributed by atoms with E-state index >= 15 is 0 Å². The Morgan fingerprint density at radius 1 is 1.30 bits per heavy atom. The van der Waals surface area contributed by atoms with Gasteiger partial charge in [0, 0.05) is 19.1 Å². The summed E-state index contributed by atoms with van der Waals surface area (Å²) in [6.07, 6.45) is 0.919. The van der Waals surface area contributed by atoms with Crippen LogP contribution in [0, 0.1) is 12.3 Å². The van der Waals surface area contributed by atoms with Crippen molar-refractivity contribution < 1.29 is 14.6 Å². The van der Waals surface area contributed by atoms with Crippen LogP contribution in [0.3, 0.4) is 0 Å². The second-order valence-electron chi connectivity index (χ2n) is 5.52. The van der Waals surface area contributed by atoms with Gasteiger partial charge in [-0.25, -0.2) is 0 Å². The lowest BCUT2D eigenvalue weighted by Gasteiger charge is -2.27. The van der Waals surface area contributed by atoms with Crippen LogP contribution in [0.5, 0.6) is 5.75 Å². The van der Waals surface area contributed by atoms with E-state index in [2.05, 4.69) is 19.2 Å². The van der Waals surface area contributed by atoms with Gasteiger partial charge >= 0.3 is 0 Å². The maximum atomic E-state index is 9.46. The van der Waals surface area contributed by atoms with Crippen LogP contribution in [0.15, 0.2) is 18.2 Å². The molecule has 4 heteroatoms. The molecule has 0 spiro atoms. The number of rotatable bonds is 9. The van der Waals surface area contributed by atoms with Crippen LogP contribution in [0.1, 0.15) is 25.8 Å². The Bertz CT molecular complexity index is 403. The Balaban J connectivity index is 2.73. The standard InChI is InChI=1S/C16H27NO3/c1-5-16(3,12-18)11-17-14-7-6-13(2)10-15(14)20-9-8-19-4/h6-7,10,17-18H,5,8-9,11-12H2,1-4H3. The molecular formula is C16H27NO3. The molecule has 20 heavy (non-hydrogen) atoms. The predicted molar refractivity (Wildman–Crippen MR) is 82.5 cm³/mol. The second-order valence-corrected chi connectivity index (χ2v) is 5.52. The number of benzene rings is 1. The number of hydrogen-bond acceptors (Lipinski definition) is 4. The van der Waals surface area contributed by atoms with Gasteiger partial charge in [0.25, 0.3) is 0 Å². The number of aryl methyl sites for hydroxylation is 1. The van der Waals surface area contributed by atoms with Crippen molar-refractivity contribution in [2.24, 2.45) is 5.41 Å². The molecule has 0 aliphatic rings. The quantitative estimate of drug-likeness (QED) is 0.683. The number of methoxy groups -OCH3 is 1. The van der Waals surface area contributed by atoms with Gasteiger partial charge in [0.15, 0.2) is 0 Å². The molecule has 0 saturated carbocycles. The molecule has 1 aromatic carbocycles. The van der Waals surface area contributed by atoms with Gasteiger partial charge in [0.05, 0.1) is 18.9 Å². The lowest BCUT2D eigenvalue weighted by Crippen LogP contribution is -2.29. The van der Waals surface area contributed by atoms with E-state index in [1.54, 1.807) is 7.11 Å². The highest BCUT2D eigenvalue weighted by Gasteiger charge is 2.21. The van der Waals surface area contributed by atoms with Crippen LogP contribution in [0.2, 0.25) is 0 Å². The van der Waals surface area contributed by atoms with Gasteiger partial charge in [-0.05, 0) is 31.0 Å². The number of aliphatic hydroxyl groups excluding tert-OH is 1. The largest absolute Gasteiger partial charge is 0.489 e. The average Bonchev–Trinajstić information content (AvgIpc) is 2.46. The van der Waals surface area contributed by atoms with E-state index in [1.807, 2.05) is 25.1 Å². The van der Waals surface area contributed by atoms with Gasteiger partial charge in [-0.2, -0.15) is 0 Å². The van der Waals surface area contributed by atoms with Crippen molar-refractivity contribution in [2.75, 3.05) is 38.8 Å². The molecule has 0 saturated heterocycles. The Morgan fingerprint density at radius 3 is 2.65 bits per heavy atom. The van der Waals surface area contributed by atoms with Crippen LogP contribution in [0.4, 0.5) is 5.69 Å². The molecule has 1 rings (SSSR count). The van der Waals surface area contributed by atoms with Crippen molar-refractivity contribution >= 4 is 5.69 Å².